The molecule has 3 heteroatoms. The van der Waals surface area contributed by atoms with Crippen molar-refractivity contribution in [3.05, 3.63) is 54.4 Å². The molecule has 0 amide bonds. The lowest BCUT2D eigenvalue weighted by atomic mass is 10.2. The topological polar surface area (TPSA) is 17.8 Å². The van der Waals surface area contributed by atoms with E-state index >= 15 is 0 Å². The highest BCUT2D eigenvalue weighted by Gasteiger charge is 2.07. The Kier molecular flexibility index (Phi) is 3.69. The summed E-state index contributed by atoms with van der Waals surface area (Å²) in [6.45, 7) is 8.07. The second-order valence-corrected chi connectivity index (χ2v) is 5.05. The first kappa shape index (κ1) is 12.0. The van der Waals surface area contributed by atoms with Crippen LogP contribution in [0.3, 0.4) is 0 Å². The summed E-state index contributed by atoms with van der Waals surface area (Å²) in [5, 5.41) is 1.02. The van der Waals surface area contributed by atoms with E-state index in [1.165, 1.54) is 11.3 Å². The molecule has 0 aliphatic rings. The minimum absolute atomic E-state index is 0.906. The number of aromatic nitrogens is 2. The molecule has 0 saturated heterocycles. The van der Waals surface area contributed by atoms with E-state index in [2.05, 4.69) is 47.3 Å². The van der Waals surface area contributed by atoms with Crippen molar-refractivity contribution >= 4 is 11.8 Å². The van der Waals surface area contributed by atoms with Gasteiger partial charge >= 0.3 is 0 Å². The van der Waals surface area contributed by atoms with Crippen LogP contribution in [0.4, 0.5) is 0 Å². The lowest BCUT2D eigenvalue weighted by Crippen LogP contribution is -1.98. The normalized spacial score (nSPS) is 10.5. The molecule has 88 valence electrons. The van der Waals surface area contributed by atoms with E-state index in [0.717, 1.165) is 16.5 Å². The van der Waals surface area contributed by atoms with Crippen LogP contribution in [0.25, 0.3) is 5.69 Å². The summed E-state index contributed by atoms with van der Waals surface area (Å²) in [4.78, 5) is 4.39. The number of rotatable bonds is 4. The van der Waals surface area contributed by atoms with Crippen molar-refractivity contribution in [2.24, 2.45) is 0 Å². The largest absolute Gasteiger partial charge is 0.295 e. The van der Waals surface area contributed by atoms with Gasteiger partial charge in [0.05, 0.1) is 5.69 Å². The molecule has 0 spiro atoms. The molecule has 1 heterocycles. The fourth-order valence-electron chi connectivity index (χ4n) is 1.60. The van der Waals surface area contributed by atoms with E-state index < -0.39 is 0 Å². The molecule has 0 aliphatic heterocycles. The summed E-state index contributed by atoms with van der Waals surface area (Å²) in [7, 11) is 0. The molecule has 0 bridgehead atoms. The molecule has 2 rings (SSSR count). The molecule has 0 unspecified atom stereocenters. The summed E-state index contributed by atoms with van der Waals surface area (Å²) in [6, 6.07) is 8.33. The first-order chi connectivity index (χ1) is 8.18. The Bertz CT molecular complexity index is 529. The van der Waals surface area contributed by atoms with Gasteiger partial charge in [0, 0.05) is 18.1 Å². The maximum absolute atomic E-state index is 4.39. The fraction of sp³-hybridized carbons (Fsp3) is 0.214. The van der Waals surface area contributed by atoms with Crippen molar-refractivity contribution in [2.75, 3.05) is 5.75 Å². The monoisotopic (exact) mass is 244 g/mol. The fourth-order valence-corrected chi connectivity index (χ4v) is 2.41. The maximum Gasteiger partial charge on any atom is 0.172 e. The van der Waals surface area contributed by atoms with Gasteiger partial charge in [0.15, 0.2) is 5.16 Å². The Labute approximate surface area is 106 Å². The third-order valence-electron chi connectivity index (χ3n) is 2.43. The zero-order valence-electron chi connectivity index (χ0n) is 10.2. The van der Waals surface area contributed by atoms with Crippen molar-refractivity contribution in [1.29, 1.82) is 0 Å². The van der Waals surface area contributed by atoms with Gasteiger partial charge in [0.25, 0.3) is 0 Å². The highest BCUT2D eigenvalue weighted by atomic mass is 32.2. The van der Waals surface area contributed by atoms with Gasteiger partial charge in [-0.3, -0.25) is 4.57 Å². The number of hydrogen-bond donors (Lipinski definition) is 0. The van der Waals surface area contributed by atoms with E-state index in [-0.39, 0.29) is 0 Å². The van der Waals surface area contributed by atoms with Crippen molar-refractivity contribution in [1.82, 2.24) is 9.55 Å². The molecule has 1 aromatic heterocycles. The average Bonchev–Trinajstić information content (AvgIpc) is 2.75. The van der Waals surface area contributed by atoms with Gasteiger partial charge in [0.1, 0.15) is 0 Å². The molecule has 0 fully saturated rings. The van der Waals surface area contributed by atoms with E-state index in [1.807, 2.05) is 19.3 Å². The van der Waals surface area contributed by atoms with Crippen LogP contribution in [-0.2, 0) is 0 Å². The zero-order chi connectivity index (χ0) is 12.3. The SMILES string of the molecule is C=C(C)CSc1nccn1-c1ccccc1C. The van der Waals surface area contributed by atoms with E-state index in [4.69, 9.17) is 0 Å². The van der Waals surface area contributed by atoms with Crippen molar-refractivity contribution in [3.8, 4) is 5.69 Å². The van der Waals surface area contributed by atoms with Gasteiger partial charge in [-0.25, -0.2) is 4.98 Å². The number of para-hydroxylation sites is 1. The van der Waals surface area contributed by atoms with E-state index in [0.29, 0.717) is 0 Å². The predicted molar refractivity (Wildman–Crippen MR) is 73.8 cm³/mol. The summed E-state index contributed by atoms with van der Waals surface area (Å²) >= 11 is 1.72. The van der Waals surface area contributed by atoms with Crippen LogP contribution < -0.4 is 0 Å². The number of imidazole rings is 1. The van der Waals surface area contributed by atoms with Crippen molar-refractivity contribution < 1.29 is 0 Å². The van der Waals surface area contributed by atoms with Gasteiger partial charge in [-0.1, -0.05) is 42.1 Å². The molecule has 0 radical (unpaired) electrons. The van der Waals surface area contributed by atoms with Crippen molar-refractivity contribution in [2.45, 2.75) is 19.0 Å². The third kappa shape index (κ3) is 2.80. The molecule has 0 aliphatic carbocycles. The molecular weight excluding hydrogens is 228 g/mol. The number of nitrogens with zero attached hydrogens (tertiary/aromatic N) is 2. The van der Waals surface area contributed by atoms with Crippen LogP contribution in [0.15, 0.2) is 54.0 Å². The van der Waals surface area contributed by atoms with E-state index in [9.17, 15) is 0 Å². The minimum Gasteiger partial charge on any atom is -0.295 e. The number of hydrogen-bond acceptors (Lipinski definition) is 2. The van der Waals surface area contributed by atoms with Gasteiger partial charge in [-0.2, -0.15) is 0 Å². The molecular formula is C14H16N2S. The van der Waals surface area contributed by atoms with Gasteiger partial charge < -0.3 is 0 Å². The quantitative estimate of drug-likeness (QED) is 0.600. The lowest BCUT2D eigenvalue weighted by Gasteiger charge is -2.09. The number of aryl methyl sites for hydroxylation is 1. The van der Waals surface area contributed by atoms with Crippen molar-refractivity contribution in [3.63, 3.8) is 0 Å². The molecule has 0 saturated carbocycles. The first-order valence-electron chi connectivity index (χ1n) is 5.55. The summed E-state index contributed by atoms with van der Waals surface area (Å²) in [5.74, 6) is 0.906. The zero-order valence-corrected chi connectivity index (χ0v) is 11.0. The Hall–Kier alpha value is -1.48. The van der Waals surface area contributed by atoms with Crippen LogP contribution in [-0.4, -0.2) is 15.3 Å². The molecule has 17 heavy (non-hydrogen) atoms. The Morgan fingerprint density at radius 3 is 2.88 bits per heavy atom. The second-order valence-electron chi connectivity index (χ2n) is 4.11. The summed E-state index contributed by atoms with van der Waals surface area (Å²) in [6.07, 6.45) is 3.84. The van der Waals surface area contributed by atoms with E-state index in [1.54, 1.807) is 11.8 Å². The van der Waals surface area contributed by atoms with Crippen LogP contribution >= 0.6 is 11.8 Å². The van der Waals surface area contributed by atoms with Crippen LogP contribution in [0, 0.1) is 6.92 Å². The molecule has 0 atom stereocenters. The number of thioether (sulfide) groups is 1. The maximum atomic E-state index is 4.39. The van der Waals surface area contributed by atoms with Crippen LogP contribution in [0.1, 0.15) is 12.5 Å². The van der Waals surface area contributed by atoms with Gasteiger partial charge in [-0.05, 0) is 25.5 Å². The third-order valence-corrected chi connectivity index (χ3v) is 3.63. The minimum atomic E-state index is 0.906. The first-order valence-corrected chi connectivity index (χ1v) is 6.53. The smallest absolute Gasteiger partial charge is 0.172 e. The number of benzene rings is 1. The molecule has 2 nitrogen and oxygen atoms in total. The Morgan fingerprint density at radius 1 is 1.41 bits per heavy atom. The highest BCUT2D eigenvalue weighted by molar-refractivity contribution is 7.99. The van der Waals surface area contributed by atoms with Crippen LogP contribution in [0.5, 0.6) is 0 Å². The Balaban J connectivity index is 2.31. The molecule has 1 aromatic carbocycles. The molecule has 2 aromatic rings. The second kappa shape index (κ2) is 5.23. The lowest BCUT2D eigenvalue weighted by molar-refractivity contribution is 0.889. The summed E-state index contributed by atoms with van der Waals surface area (Å²) in [5.41, 5.74) is 3.60. The predicted octanol–water partition coefficient (Wildman–Crippen LogP) is 3.85. The standard InChI is InChI=1S/C14H16N2S/c1-11(2)10-17-14-15-8-9-16(14)13-7-5-4-6-12(13)3/h4-9H,1,10H2,2-3H3. The average molecular weight is 244 g/mol. The Morgan fingerprint density at radius 2 is 2.18 bits per heavy atom. The molecule has 0 N–H and O–H groups in total. The van der Waals surface area contributed by atoms with Gasteiger partial charge in [-0.15, -0.1) is 0 Å². The summed E-state index contributed by atoms with van der Waals surface area (Å²) < 4.78 is 2.13. The van der Waals surface area contributed by atoms with Crippen LogP contribution in [0.2, 0.25) is 0 Å². The highest BCUT2D eigenvalue weighted by Crippen LogP contribution is 2.23. The van der Waals surface area contributed by atoms with Gasteiger partial charge in [0.2, 0.25) is 0 Å².